The Labute approximate surface area is 266 Å². The lowest BCUT2D eigenvalue weighted by atomic mass is 10.1. The molecule has 17 heteroatoms. The lowest BCUT2D eigenvalue weighted by molar-refractivity contribution is -0.141. The molecular formula is C29H32ClF3N10O3. The van der Waals surface area contributed by atoms with E-state index in [2.05, 4.69) is 31.0 Å². The van der Waals surface area contributed by atoms with Crippen LogP contribution in [-0.2, 0) is 17.5 Å². The van der Waals surface area contributed by atoms with Gasteiger partial charge in [0.25, 0.3) is 5.91 Å². The Hall–Kier alpha value is -4.41. The minimum atomic E-state index is -4.68. The summed E-state index contributed by atoms with van der Waals surface area (Å²) in [4.78, 5) is 37.9. The maximum atomic E-state index is 13.9. The molecule has 3 N–H and O–H groups in total. The van der Waals surface area contributed by atoms with Crippen molar-refractivity contribution in [2.45, 2.75) is 25.2 Å². The average Bonchev–Trinajstić information content (AvgIpc) is 3.80. The molecule has 2 saturated heterocycles. The molecule has 4 aromatic rings. The zero-order chi connectivity index (χ0) is 32.4. The molecule has 2 aliphatic rings. The number of anilines is 2. The number of aromatic nitrogens is 5. The molecule has 0 aliphatic carbocycles. The van der Waals surface area contributed by atoms with Crippen LogP contribution in [0.4, 0.5) is 29.5 Å². The van der Waals surface area contributed by atoms with E-state index < -0.39 is 11.9 Å². The lowest BCUT2D eigenvalue weighted by Gasteiger charge is -2.35. The molecule has 0 spiro atoms. The van der Waals surface area contributed by atoms with Crippen molar-refractivity contribution in [2.24, 2.45) is 0 Å². The van der Waals surface area contributed by atoms with Crippen molar-refractivity contribution in [1.29, 1.82) is 0 Å². The molecule has 13 nitrogen and oxygen atoms in total. The van der Waals surface area contributed by atoms with E-state index in [4.69, 9.17) is 16.3 Å². The molecule has 1 aromatic carbocycles. The number of rotatable bonds is 8. The number of carbonyl (C=O) groups excluding carboxylic acids is 2. The van der Waals surface area contributed by atoms with E-state index in [-0.39, 0.29) is 58.9 Å². The molecule has 0 saturated carbocycles. The highest BCUT2D eigenvalue weighted by atomic mass is 35.5. The number of hydrogen-bond acceptors (Lipinski definition) is 8. The summed E-state index contributed by atoms with van der Waals surface area (Å²) in [7, 11) is 1.46. The molecule has 6 rings (SSSR count). The molecule has 0 unspecified atom stereocenters. The monoisotopic (exact) mass is 660 g/mol. The molecule has 3 amide bonds. The Balaban J connectivity index is 1.15. The van der Waals surface area contributed by atoms with Crippen LogP contribution in [0, 0.1) is 0 Å². The van der Waals surface area contributed by atoms with Crippen LogP contribution < -0.4 is 16.0 Å². The van der Waals surface area contributed by atoms with Gasteiger partial charge in [-0.2, -0.15) is 18.3 Å². The Kier molecular flexibility index (Phi) is 9.02. The van der Waals surface area contributed by atoms with Crippen LogP contribution in [0.3, 0.4) is 0 Å². The van der Waals surface area contributed by atoms with Crippen molar-refractivity contribution in [3.63, 3.8) is 0 Å². The van der Waals surface area contributed by atoms with Gasteiger partial charge in [0, 0.05) is 70.2 Å². The minimum Gasteiger partial charge on any atom is -0.383 e. The molecule has 2 aliphatic heterocycles. The number of halogens is 4. The number of piperazine rings is 1. The predicted molar refractivity (Wildman–Crippen MR) is 163 cm³/mol. The molecule has 1 atom stereocenters. The van der Waals surface area contributed by atoms with E-state index in [9.17, 15) is 22.8 Å². The number of benzene rings is 1. The second kappa shape index (κ2) is 13.1. The smallest absolute Gasteiger partial charge is 0.383 e. The van der Waals surface area contributed by atoms with Crippen molar-refractivity contribution in [1.82, 2.24) is 44.6 Å². The predicted octanol–water partition coefficient (Wildman–Crippen LogP) is 3.48. The summed E-state index contributed by atoms with van der Waals surface area (Å²) in [6.07, 6.45) is 1.81. The summed E-state index contributed by atoms with van der Waals surface area (Å²) >= 11 is 6.55. The summed E-state index contributed by atoms with van der Waals surface area (Å²) < 4.78 is 49.3. The molecule has 0 bridgehead atoms. The summed E-state index contributed by atoms with van der Waals surface area (Å²) in [5, 5.41) is 13.3. The molecular weight excluding hydrogens is 629 g/mol. The average molecular weight is 661 g/mol. The first-order valence-electron chi connectivity index (χ1n) is 14.7. The van der Waals surface area contributed by atoms with Crippen molar-refractivity contribution in [2.75, 3.05) is 58.3 Å². The maximum absolute atomic E-state index is 13.9. The van der Waals surface area contributed by atoms with Gasteiger partial charge >= 0.3 is 12.2 Å². The second-order valence-corrected chi connectivity index (χ2v) is 11.4. The summed E-state index contributed by atoms with van der Waals surface area (Å²) in [5.74, 6) is 0.0215. The first-order valence-corrected chi connectivity index (χ1v) is 15.1. The van der Waals surface area contributed by atoms with Gasteiger partial charge in [0.1, 0.15) is 0 Å². The number of hydrogen-bond donors (Lipinski definition) is 3. The highest BCUT2D eigenvalue weighted by Gasteiger charge is 2.38. The quantitative estimate of drug-likeness (QED) is 0.262. The normalized spacial score (nSPS) is 17.1. The van der Waals surface area contributed by atoms with Gasteiger partial charge in [0.15, 0.2) is 17.2 Å². The Morgan fingerprint density at radius 2 is 1.93 bits per heavy atom. The topological polar surface area (TPSA) is 134 Å². The van der Waals surface area contributed by atoms with E-state index in [1.54, 1.807) is 28.0 Å². The van der Waals surface area contributed by atoms with Gasteiger partial charge in [-0.15, -0.1) is 0 Å². The van der Waals surface area contributed by atoms with Crippen molar-refractivity contribution < 1.29 is 27.5 Å². The number of carbonyl (C=O) groups is 2. The molecule has 46 heavy (non-hydrogen) atoms. The van der Waals surface area contributed by atoms with Crippen molar-refractivity contribution >= 4 is 40.7 Å². The van der Waals surface area contributed by atoms with E-state index in [0.717, 1.165) is 19.5 Å². The van der Waals surface area contributed by atoms with Crippen molar-refractivity contribution in [3.8, 4) is 11.3 Å². The molecule has 0 radical (unpaired) electrons. The zero-order valence-corrected chi connectivity index (χ0v) is 25.6. The van der Waals surface area contributed by atoms with Crippen LogP contribution in [0.25, 0.3) is 16.9 Å². The number of nitrogens with one attached hydrogen (secondary N) is 3. The third-order valence-electron chi connectivity index (χ3n) is 7.96. The fourth-order valence-corrected chi connectivity index (χ4v) is 5.82. The third-order valence-corrected chi connectivity index (χ3v) is 8.28. The van der Waals surface area contributed by atoms with Gasteiger partial charge < -0.3 is 30.5 Å². The fourth-order valence-electron chi connectivity index (χ4n) is 5.55. The third kappa shape index (κ3) is 6.59. The minimum absolute atomic E-state index is 0.120. The molecule has 3 aromatic heterocycles. The standard InChI is InChI=1S/C29H32ClF3N10O3/c1-46-13-12-42-17-21(24(39-42)29(31,32)33)23-16-36-26-25(35-6-7-43(23)26)37-18-2-3-20(22(30)14-18)27(44)40-8-10-41(11-9-40)28(45)38-19-4-5-34-15-19/h2-3,6-7,14,16-17,19,34H,4-5,8-13,15H2,1H3,(H,35,37)(H,38,45)/t19-/m1/s1. The fraction of sp³-hybridized carbons (Fsp3) is 0.414. The first kappa shape index (κ1) is 31.6. The van der Waals surface area contributed by atoms with Gasteiger partial charge in [-0.05, 0) is 31.2 Å². The van der Waals surface area contributed by atoms with Crippen LogP contribution >= 0.6 is 11.6 Å². The van der Waals surface area contributed by atoms with E-state index in [1.165, 1.54) is 41.0 Å². The van der Waals surface area contributed by atoms with Gasteiger partial charge in [-0.25, -0.2) is 14.8 Å². The summed E-state index contributed by atoms with van der Waals surface area (Å²) in [5.41, 5.74) is 0.0996. The van der Waals surface area contributed by atoms with Crippen LogP contribution in [0.5, 0.6) is 0 Å². The van der Waals surface area contributed by atoms with Crippen LogP contribution in [-0.4, -0.2) is 105 Å². The lowest BCUT2D eigenvalue weighted by Crippen LogP contribution is -2.54. The van der Waals surface area contributed by atoms with Crippen LogP contribution in [0.2, 0.25) is 5.02 Å². The van der Waals surface area contributed by atoms with Gasteiger partial charge in [0.2, 0.25) is 0 Å². The van der Waals surface area contributed by atoms with Crippen LogP contribution in [0.1, 0.15) is 22.5 Å². The number of ether oxygens (including phenoxy) is 1. The van der Waals surface area contributed by atoms with Gasteiger partial charge in [-0.3, -0.25) is 13.9 Å². The molecule has 2 fully saturated rings. The molecule has 5 heterocycles. The van der Waals surface area contributed by atoms with Crippen LogP contribution in [0.15, 0.2) is 43.0 Å². The number of urea groups is 1. The van der Waals surface area contributed by atoms with Gasteiger partial charge in [0.05, 0.1) is 41.2 Å². The maximum Gasteiger partial charge on any atom is 0.435 e. The number of fused-ring (bicyclic) bond motifs is 1. The summed E-state index contributed by atoms with van der Waals surface area (Å²) in [6.45, 7) is 3.56. The number of alkyl halides is 3. The number of amides is 3. The largest absolute Gasteiger partial charge is 0.435 e. The van der Waals surface area contributed by atoms with E-state index in [1.807, 2.05) is 0 Å². The molecule has 244 valence electrons. The van der Waals surface area contributed by atoms with E-state index >= 15 is 0 Å². The number of nitrogens with zero attached hydrogens (tertiary/aromatic N) is 7. The summed E-state index contributed by atoms with van der Waals surface area (Å²) in [6, 6.07) is 4.83. The SMILES string of the molecule is COCCn1cc(-c2cnc3c(Nc4ccc(C(=O)N5CCN(C(=O)N[C@@H]6CCNC6)CC5)c(Cl)c4)nccn23)c(C(F)(F)F)n1. The second-order valence-electron chi connectivity index (χ2n) is 11.0. The number of methoxy groups -OCH3 is 1. The van der Waals surface area contributed by atoms with Crippen molar-refractivity contribution in [3.05, 3.63) is 59.3 Å². The number of imidazole rings is 1. The first-order chi connectivity index (χ1) is 22.1. The highest BCUT2D eigenvalue weighted by molar-refractivity contribution is 6.34. The Morgan fingerprint density at radius 3 is 2.63 bits per heavy atom. The highest BCUT2D eigenvalue weighted by Crippen LogP contribution is 2.37. The van der Waals surface area contributed by atoms with E-state index in [0.29, 0.717) is 37.4 Å². The van der Waals surface area contributed by atoms with Gasteiger partial charge in [-0.1, -0.05) is 11.6 Å². The Bertz CT molecular complexity index is 1730. The zero-order valence-electron chi connectivity index (χ0n) is 24.8. The Morgan fingerprint density at radius 1 is 1.15 bits per heavy atom.